The lowest BCUT2D eigenvalue weighted by Gasteiger charge is -2.48. The number of carbonyl (C=O) groups is 1. The van der Waals surface area contributed by atoms with Gasteiger partial charge in [0.25, 0.3) is 0 Å². The van der Waals surface area contributed by atoms with Crippen LogP contribution in [0.4, 0.5) is 0 Å². The highest BCUT2D eigenvalue weighted by Crippen LogP contribution is 2.52. The molecule has 0 aromatic rings. The third kappa shape index (κ3) is 1.14. The van der Waals surface area contributed by atoms with E-state index in [0.29, 0.717) is 11.8 Å². The molecule has 3 heteroatoms. The second kappa shape index (κ2) is 3.02. The zero-order valence-electron chi connectivity index (χ0n) is 7.98. The summed E-state index contributed by atoms with van der Waals surface area (Å²) in [6.07, 6.45) is 4.34. The molecule has 0 spiro atoms. The summed E-state index contributed by atoms with van der Waals surface area (Å²) in [4.78, 5) is 11.0. The minimum atomic E-state index is -0.676. The van der Waals surface area contributed by atoms with Crippen LogP contribution < -0.4 is 0 Å². The highest BCUT2D eigenvalue weighted by Gasteiger charge is 2.45. The Morgan fingerprint density at radius 2 is 2.00 bits per heavy atom. The fourth-order valence-corrected chi connectivity index (χ4v) is 4.83. The molecule has 0 amide bonds. The Bertz CT molecular complexity index is 296. The Labute approximate surface area is 87.8 Å². The first kappa shape index (κ1) is 8.84. The van der Waals surface area contributed by atoms with E-state index >= 15 is 0 Å². The van der Waals surface area contributed by atoms with Gasteiger partial charge in [0.05, 0.1) is 0 Å². The molecular weight excluding hydrogens is 196 g/mol. The number of allylic oxidation sites excluding steroid dienone is 1. The molecule has 4 aliphatic rings. The van der Waals surface area contributed by atoms with Crippen molar-refractivity contribution in [1.82, 2.24) is 0 Å². The molecule has 1 aliphatic heterocycles. The molecule has 0 radical (unpaired) electrons. The van der Waals surface area contributed by atoms with Crippen LogP contribution in [0, 0.1) is 23.7 Å². The van der Waals surface area contributed by atoms with Crippen LogP contribution in [0.1, 0.15) is 12.8 Å². The Kier molecular flexibility index (Phi) is 1.91. The summed E-state index contributed by atoms with van der Waals surface area (Å²) in [7, 11) is 0. The van der Waals surface area contributed by atoms with Crippen LogP contribution >= 0.6 is 11.8 Å². The lowest BCUT2D eigenvalue weighted by molar-refractivity contribution is -0.134. The predicted octanol–water partition coefficient (Wildman–Crippen LogP) is 2.02. The van der Waals surface area contributed by atoms with Gasteiger partial charge in [-0.05, 0) is 48.0 Å². The van der Waals surface area contributed by atoms with Gasteiger partial charge in [-0.1, -0.05) is 6.08 Å². The molecule has 1 N–H and O–H groups in total. The van der Waals surface area contributed by atoms with Crippen molar-refractivity contribution < 1.29 is 9.90 Å². The average Bonchev–Trinajstić information content (AvgIpc) is 2.16. The minimum absolute atomic E-state index is 0.369. The van der Waals surface area contributed by atoms with Crippen molar-refractivity contribution >= 4 is 17.7 Å². The van der Waals surface area contributed by atoms with Crippen LogP contribution in [0.5, 0.6) is 0 Å². The monoisotopic (exact) mass is 210 g/mol. The number of aliphatic carboxylic acids is 1. The topological polar surface area (TPSA) is 37.3 Å². The first-order valence-electron chi connectivity index (χ1n) is 5.28. The maximum atomic E-state index is 11.0. The average molecular weight is 210 g/mol. The van der Waals surface area contributed by atoms with Crippen LogP contribution in [0.25, 0.3) is 0 Å². The van der Waals surface area contributed by atoms with Crippen LogP contribution in [-0.4, -0.2) is 22.6 Å². The van der Waals surface area contributed by atoms with Gasteiger partial charge in [0, 0.05) is 5.57 Å². The number of carboxylic acids is 1. The van der Waals surface area contributed by atoms with E-state index in [2.05, 4.69) is 17.8 Å². The molecule has 2 unspecified atom stereocenters. The smallest absolute Gasteiger partial charge is 0.331 e. The molecule has 2 fully saturated rings. The molecule has 76 valence electrons. The molecule has 14 heavy (non-hydrogen) atoms. The van der Waals surface area contributed by atoms with Crippen molar-refractivity contribution in [2.45, 2.75) is 12.8 Å². The van der Waals surface area contributed by atoms with E-state index < -0.39 is 5.97 Å². The number of carboxylic acid groups (broad SMARTS) is 1. The van der Waals surface area contributed by atoms with Crippen LogP contribution in [0.2, 0.25) is 0 Å². The first-order chi connectivity index (χ1) is 6.75. The van der Waals surface area contributed by atoms with Gasteiger partial charge in [0.1, 0.15) is 0 Å². The summed E-state index contributed by atoms with van der Waals surface area (Å²) < 4.78 is 0. The van der Waals surface area contributed by atoms with E-state index in [1.165, 1.54) is 11.5 Å². The van der Waals surface area contributed by atoms with Crippen LogP contribution in [-0.2, 0) is 4.79 Å². The second-order valence-electron chi connectivity index (χ2n) is 4.73. The number of thioether (sulfide) groups is 1. The van der Waals surface area contributed by atoms with E-state index in [1.807, 2.05) is 0 Å². The molecule has 4 bridgehead atoms. The van der Waals surface area contributed by atoms with Gasteiger partial charge in [-0.3, -0.25) is 0 Å². The van der Waals surface area contributed by atoms with Gasteiger partial charge < -0.3 is 5.11 Å². The summed E-state index contributed by atoms with van der Waals surface area (Å²) in [5.74, 6) is 4.34. The normalized spacial score (nSPS) is 44.7. The fourth-order valence-electron chi connectivity index (χ4n) is 3.37. The molecule has 0 aromatic heterocycles. The number of hydrogen-bond acceptors (Lipinski definition) is 2. The zero-order valence-corrected chi connectivity index (χ0v) is 8.80. The van der Waals surface area contributed by atoms with Crippen molar-refractivity contribution in [1.29, 1.82) is 0 Å². The number of rotatable bonds is 1. The standard InChI is InChI=1S/C11H14O2S/c12-11(13)10-3-9-7-1-6(10)2-8(9)5-14-4-7/h3,6-9H,1-2,4-5H2,(H,12,13). The van der Waals surface area contributed by atoms with E-state index in [4.69, 9.17) is 5.11 Å². The lowest BCUT2D eigenvalue weighted by Crippen LogP contribution is -2.43. The van der Waals surface area contributed by atoms with Crippen LogP contribution in [0.3, 0.4) is 0 Å². The predicted molar refractivity (Wildman–Crippen MR) is 56.2 cm³/mol. The Balaban J connectivity index is 1.95. The molecule has 1 saturated carbocycles. The third-order valence-electron chi connectivity index (χ3n) is 3.99. The largest absolute Gasteiger partial charge is 0.478 e. The Morgan fingerprint density at radius 3 is 2.50 bits per heavy atom. The van der Waals surface area contributed by atoms with Crippen molar-refractivity contribution in [3.05, 3.63) is 11.6 Å². The highest BCUT2D eigenvalue weighted by atomic mass is 32.2. The highest BCUT2D eigenvalue weighted by molar-refractivity contribution is 7.99. The van der Waals surface area contributed by atoms with Crippen molar-refractivity contribution in [2.75, 3.05) is 11.5 Å². The molecular formula is C11H14O2S. The van der Waals surface area contributed by atoms with E-state index in [-0.39, 0.29) is 0 Å². The summed E-state index contributed by atoms with van der Waals surface area (Å²) in [6, 6.07) is 0. The third-order valence-corrected chi connectivity index (χ3v) is 5.31. The molecule has 2 atom stereocenters. The summed E-state index contributed by atoms with van der Waals surface area (Å²) >= 11 is 2.06. The molecule has 3 aliphatic carbocycles. The summed E-state index contributed by atoms with van der Waals surface area (Å²) in [6.45, 7) is 0. The van der Waals surface area contributed by atoms with E-state index in [0.717, 1.165) is 30.3 Å². The maximum absolute atomic E-state index is 11.0. The van der Waals surface area contributed by atoms with E-state index in [9.17, 15) is 4.79 Å². The van der Waals surface area contributed by atoms with Crippen molar-refractivity contribution in [3.63, 3.8) is 0 Å². The van der Waals surface area contributed by atoms with Crippen molar-refractivity contribution in [3.8, 4) is 0 Å². The van der Waals surface area contributed by atoms with Gasteiger partial charge in [0.2, 0.25) is 0 Å². The van der Waals surface area contributed by atoms with Gasteiger partial charge in [0.15, 0.2) is 0 Å². The fraction of sp³-hybridized carbons (Fsp3) is 0.727. The van der Waals surface area contributed by atoms with Gasteiger partial charge in [-0.15, -0.1) is 0 Å². The number of hydrogen-bond donors (Lipinski definition) is 1. The second-order valence-corrected chi connectivity index (χ2v) is 5.81. The molecule has 0 aromatic carbocycles. The molecule has 1 heterocycles. The summed E-state index contributed by atoms with van der Waals surface area (Å²) in [5, 5.41) is 9.05. The minimum Gasteiger partial charge on any atom is -0.478 e. The Hall–Kier alpha value is -0.440. The van der Waals surface area contributed by atoms with Crippen molar-refractivity contribution in [2.24, 2.45) is 23.7 Å². The molecule has 1 saturated heterocycles. The SMILES string of the molecule is O=C(O)C1=CC2C3CSCC2CC1C3. The van der Waals surface area contributed by atoms with E-state index in [1.54, 1.807) is 0 Å². The van der Waals surface area contributed by atoms with Gasteiger partial charge in [-0.2, -0.15) is 11.8 Å². The maximum Gasteiger partial charge on any atom is 0.331 e. The van der Waals surface area contributed by atoms with Crippen LogP contribution in [0.15, 0.2) is 11.6 Å². The first-order valence-corrected chi connectivity index (χ1v) is 6.44. The lowest BCUT2D eigenvalue weighted by atomic mass is 9.61. The Morgan fingerprint density at radius 1 is 1.36 bits per heavy atom. The molecule has 2 nitrogen and oxygen atoms in total. The quantitative estimate of drug-likeness (QED) is 0.719. The molecule has 4 rings (SSSR count). The van der Waals surface area contributed by atoms with Gasteiger partial charge >= 0.3 is 5.97 Å². The van der Waals surface area contributed by atoms with Gasteiger partial charge in [-0.25, -0.2) is 4.79 Å². The zero-order chi connectivity index (χ0) is 9.71. The summed E-state index contributed by atoms with van der Waals surface area (Å²) in [5.41, 5.74) is 0.717.